The van der Waals surface area contributed by atoms with Gasteiger partial charge < -0.3 is 0 Å². The quantitative estimate of drug-likeness (QED) is 0.735. The number of benzene rings is 2. The molecule has 11 heteroatoms. The third-order valence-electron chi connectivity index (χ3n) is 3.66. The zero-order chi connectivity index (χ0) is 21.1. The Hall–Kier alpha value is -3.10. The molecule has 0 saturated carbocycles. The van der Waals surface area contributed by atoms with Crippen LogP contribution in [0.3, 0.4) is 0 Å². The highest BCUT2D eigenvalue weighted by Gasteiger charge is 2.34. The minimum Gasteiger partial charge on any atom is -0.298 e. The van der Waals surface area contributed by atoms with E-state index in [-0.39, 0.29) is 16.0 Å². The fraction of sp³-hybridized carbons (Fsp3) is 0.176. The van der Waals surface area contributed by atoms with Gasteiger partial charge >= 0.3 is 6.18 Å². The van der Waals surface area contributed by atoms with Crippen molar-refractivity contribution in [3.8, 4) is 6.07 Å². The van der Waals surface area contributed by atoms with E-state index in [1.54, 1.807) is 6.07 Å². The third-order valence-corrected chi connectivity index (χ3v) is 5.49. The number of alkyl halides is 3. The van der Waals surface area contributed by atoms with Gasteiger partial charge in [0.15, 0.2) is 0 Å². The summed E-state index contributed by atoms with van der Waals surface area (Å²) in [5, 5.41) is 8.75. The van der Waals surface area contributed by atoms with Crippen molar-refractivity contribution in [2.75, 3.05) is 19.5 Å². The van der Waals surface area contributed by atoms with Gasteiger partial charge in [0.2, 0.25) is 10.0 Å². The van der Waals surface area contributed by atoms with E-state index >= 15 is 0 Å². The van der Waals surface area contributed by atoms with Gasteiger partial charge in [-0.25, -0.2) is 12.7 Å². The largest absolute Gasteiger partial charge is 0.418 e. The molecule has 0 aromatic heterocycles. The van der Waals surface area contributed by atoms with Gasteiger partial charge in [-0.15, -0.1) is 0 Å². The van der Waals surface area contributed by atoms with E-state index < -0.39 is 33.4 Å². The number of hydrogen-bond donors (Lipinski definition) is 2. The van der Waals surface area contributed by atoms with Crippen LogP contribution in [0.1, 0.15) is 21.5 Å². The first-order valence-electron chi connectivity index (χ1n) is 7.67. The van der Waals surface area contributed by atoms with Crippen molar-refractivity contribution >= 4 is 21.6 Å². The standard InChI is InChI=1S/C17H15F3N4O3S/c1-24(2)28(26,27)13-6-4-12(5-7-13)16(25)23-22-15-8-3-11(10-21)9-14(15)17(18,19)20/h3-9,22H,1-2H3,(H,23,25). The lowest BCUT2D eigenvalue weighted by Gasteiger charge is -2.15. The molecule has 1 amide bonds. The number of carbonyl (C=O) groups excluding carboxylic acids is 1. The van der Waals surface area contributed by atoms with Crippen molar-refractivity contribution in [3.63, 3.8) is 0 Å². The first-order chi connectivity index (χ1) is 13.0. The lowest BCUT2D eigenvalue weighted by atomic mass is 10.1. The van der Waals surface area contributed by atoms with E-state index in [9.17, 15) is 26.4 Å². The van der Waals surface area contributed by atoms with E-state index in [2.05, 4.69) is 10.9 Å². The van der Waals surface area contributed by atoms with Gasteiger partial charge in [-0.3, -0.25) is 15.6 Å². The molecule has 0 radical (unpaired) electrons. The van der Waals surface area contributed by atoms with Crippen LogP contribution < -0.4 is 10.9 Å². The maximum atomic E-state index is 13.1. The highest BCUT2D eigenvalue weighted by atomic mass is 32.2. The number of nitriles is 1. The molecule has 2 rings (SSSR count). The van der Waals surface area contributed by atoms with Crippen LogP contribution in [0.15, 0.2) is 47.4 Å². The summed E-state index contributed by atoms with van der Waals surface area (Å²) in [4.78, 5) is 12.1. The minimum atomic E-state index is -4.73. The summed E-state index contributed by atoms with van der Waals surface area (Å²) >= 11 is 0. The summed E-state index contributed by atoms with van der Waals surface area (Å²) in [5.41, 5.74) is 2.60. The first-order valence-corrected chi connectivity index (χ1v) is 9.11. The minimum absolute atomic E-state index is 0.0338. The maximum absolute atomic E-state index is 13.1. The fourth-order valence-corrected chi connectivity index (χ4v) is 3.04. The Morgan fingerprint density at radius 3 is 2.21 bits per heavy atom. The molecular weight excluding hydrogens is 397 g/mol. The molecule has 7 nitrogen and oxygen atoms in total. The lowest BCUT2D eigenvalue weighted by molar-refractivity contribution is -0.137. The van der Waals surface area contributed by atoms with Crippen LogP contribution in [0, 0.1) is 11.3 Å². The van der Waals surface area contributed by atoms with Gasteiger partial charge in [-0.1, -0.05) is 0 Å². The molecule has 2 aromatic carbocycles. The highest BCUT2D eigenvalue weighted by Crippen LogP contribution is 2.35. The number of rotatable bonds is 5. The van der Waals surface area contributed by atoms with E-state index in [1.165, 1.54) is 44.4 Å². The number of carbonyl (C=O) groups is 1. The number of hydrogen-bond acceptors (Lipinski definition) is 5. The molecule has 28 heavy (non-hydrogen) atoms. The molecule has 2 N–H and O–H groups in total. The van der Waals surface area contributed by atoms with E-state index in [0.29, 0.717) is 6.07 Å². The van der Waals surface area contributed by atoms with Crippen molar-refractivity contribution in [1.82, 2.24) is 9.73 Å². The normalized spacial score (nSPS) is 11.8. The number of hydrazine groups is 1. The Kier molecular flexibility index (Phi) is 5.96. The van der Waals surface area contributed by atoms with Crippen LogP contribution in [-0.2, 0) is 16.2 Å². The Morgan fingerprint density at radius 1 is 1.11 bits per heavy atom. The molecule has 0 saturated heterocycles. The zero-order valence-corrected chi connectivity index (χ0v) is 15.5. The average molecular weight is 412 g/mol. The number of anilines is 1. The molecule has 0 bridgehead atoms. The van der Waals surface area contributed by atoms with Crippen LogP contribution >= 0.6 is 0 Å². The molecule has 0 aliphatic rings. The Bertz CT molecular complexity index is 1030. The van der Waals surface area contributed by atoms with Crippen molar-refractivity contribution in [1.29, 1.82) is 5.26 Å². The van der Waals surface area contributed by atoms with Crippen LogP contribution in [0.5, 0.6) is 0 Å². The number of nitrogens with one attached hydrogen (secondary N) is 2. The second-order valence-electron chi connectivity index (χ2n) is 5.76. The van der Waals surface area contributed by atoms with E-state index in [0.717, 1.165) is 10.4 Å². The Morgan fingerprint density at radius 2 is 1.71 bits per heavy atom. The van der Waals surface area contributed by atoms with Crippen LogP contribution in [0.2, 0.25) is 0 Å². The summed E-state index contributed by atoms with van der Waals surface area (Å²) in [7, 11) is -0.955. The predicted molar refractivity (Wildman–Crippen MR) is 94.6 cm³/mol. The maximum Gasteiger partial charge on any atom is 0.418 e. The number of amides is 1. The SMILES string of the molecule is CN(C)S(=O)(=O)c1ccc(C(=O)NNc2ccc(C#N)cc2C(F)(F)F)cc1. The Labute approximate surface area is 159 Å². The van der Waals surface area contributed by atoms with Gasteiger partial charge in [0.25, 0.3) is 5.91 Å². The third kappa shape index (κ3) is 4.59. The van der Waals surface area contributed by atoms with Gasteiger partial charge in [0, 0.05) is 19.7 Å². The Balaban J connectivity index is 2.18. The topological polar surface area (TPSA) is 102 Å². The molecule has 0 spiro atoms. The van der Waals surface area contributed by atoms with Gasteiger partial charge in [-0.2, -0.15) is 18.4 Å². The molecule has 0 aliphatic heterocycles. The monoisotopic (exact) mass is 412 g/mol. The van der Waals surface area contributed by atoms with Gasteiger partial charge in [0.1, 0.15) is 0 Å². The zero-order valence-electron chi connectivity index (χ0n) is 14.7. The van der Waals surface area contributed by atoms with Crippen molar-refractivity contribution in [2.45, 2.75) is 11.1 Å². The molecular formula is C17H15F3N4O3S. The van der Waals surface area contributed by atoms with Gasteiger partial charge in [0.05, 0.1) is 27.8 Å². The smallest absolute Gasteiger partial charge is 0.298 e. The summed E-state index contributed by atoms with van der Waals surface area (Å²) in [6.45, 7) is 0. The van der Waals surface area contributed by atoms with E-state index in [4.69, 9.17) is 5.26 Å². The van der Waals surface area contributed by atoms with E-state index in [1.807, 2.05) is 0 Å². The fourth-order valence-electron chi connectivity index (χ4n) is 2.14. The van der Waals surface area contributed by atoms with Crippen molar-refractivity contribution in [3.05, 3.63) is 59.2 Å². The molecule has 0 heterocycles. The summed E-state index contributed by atoms with van der Waals surface area (Å²) in [6, 6.07) is 9.37. The molecule has 0 atom stereocenters. The molecule has 0 fully saturated rings. The highest BCUT2D eigenvalue weighted by molar-refractivity contribution is 7.89. The summed E-state index contributed by atoms with van der Waals surface area (Å²) < 4.78 is 64.3. The van der Waals surface area contributed by atoms with Crippen LogP contribution in [0.25, 0.3) is 0 Å². The second-order valence-corrected chi connectivity index (χ2v) is 7.91. The predicted octanol–water partition coefficient (Wildman–Crippen LogP) is 2.58. The van der Waals surface area contributed by atoms with Crippen LogP contribution in [0.4, 0.5) is 18.9 Å². The van der Waals surface area contributed by atoms with Crippen LogP contribution in [-0.4, -0.2) is 32.7 Å². The second kappa shape index (κ2) is 7.87. The molecule has 148 valence electrons. The molecule has 2 aromatic rings. The number of sulfonamides is 1. The first kappa shape index (κ1) is 21.2. The molecule has 0 aliphatic carbocycles. The van der Waals surface area contributed by atoms with Crippen molar-refractivity contribution < 1.29 is 26.4 Å². The molecule has 0 unspecified atom stereocenters. The lowest BCUT2D eigenvalue weighted by Crippen LogP contribution is -2.30. The number of nitrogens with zero attached hydrogens (tertiary/aromatic N) is 2. The number of halogens is 3. The summed E-state index contributed by atoms with van der Waals surface area (Å²) in [5.74, 6) is -0.772. The average Bonchev–Trinajstić information content (AvgIpc) is 2.65. The summed E-state index contributed by atoms with van der Waals surface area (Å²) in [6.07, 6.45) is -4.73. The van der Waals surface area contributed by atoms with Gasteiger partial charge in [-0.05, 0) is 42.5 Å². The van der Waals surface area contributed by atoms with Crippen molar-refractivity contribution in [2.24, 2.45) is 0 Å².